The van der Waals surface area contributed by atoms with E-state index in [0.29, 0.717) is 10.8 Å². The molecule has 138 valence electrons. The number of aromatic nitrogens is 2. The third kappa shape index (κ3) is 3.54. The highest BCUT2D eigenvalue weighted by Gasteiger charge is 2.15. The number of halogens is 1. The second-order valence-corrected chi connectivity index (χ2v) is 6.24. The van der Waals surface area contributed by atoms with E-state index in [1.54, 1.807) is 10.7 Å². The first-order valence-electron chi connectivity index (χ1n) is 8.20. The Balaban J connectivity index is 1.58. The number of fused-ring (bicyclic) bond motifs is 1. The molecule has 1 aliphatic rings. The summed E-state index contributed by atoms with van der Waals surface area (Å²) in [7, 11) is 1.31. The van der Waals surface area contributed by atoms with Gasteiger partial charge in [-0.2, -0.15) is 5.10 Å². The third-order valence-electron chi connectivity index (χ3n) is 4.16. The maximum atomic E-state index is 11.3. The van der Waals surface area contributed by atoms with Gasteiger partial charge in [0.15, 0.2) is 11.5 Å². The van der Waals surface area contributed by atoms with E-state index in [0.717, 1.165) is 28.3 Å². The van der Waals surface area contributed by atoms with Crippen molar-refractivity contribution in [3.05, 3.63) is 59.2 Å². The fourth-order valence-corrected chi connectivity index (χ4v) is 2.94. The van der Waals surface area contributed by atoms with Gasteiger partial charge in [0.25, 0.3) is 0 Å². The van der Waals surface area contributed by atoms with Crippen LogP contribution in [0.15, 0.2) is 48.7 Å². The summed E-state index contributed by atoms with van der Waals surface area (Å²) in [6, 6.07) is 13.1. The molecule has 1 aromatic heterocycles. The molecule has 7 nitrogen and oxygen atoms in total. The molecule has 2 heterocycles. The highest BCUT2D eigenvalue weighted by atomic mass is 35.5. The lowest BCUT2D eigenvalue weighted by molar-refractivity contribution is 0.170. The second-order valence-electron chi connectivity index (χ2n) is 5.83. The minimum atomic E-state index is -0.513. The van der Waals surface area contributed by atoms with E-state index in [4.69, 9.17) is 21.1 Å². The van der Waals surface area contributed by atoms with Gasteiger partial charge in [0.2, 0.25) is 6.79 Å². The molecule has 0 unspecified atom stereocenters. The summed E-state index contributed by atoms with van der Waals surface area (Å²) in [5.74, 6) is 1.45. The Morgan fingerprint density at radius 1 is 1.22 bits per heavy atom. The molecule has 0 saturated heterocycles. The third-order valence-corrected chi connectivity index (χ3v) is 4.53. The summed E-state index contributed by atoms with van der Waals surface area (Å²) in [5.41, 5.74) is 3.32. The Labute approximate surface area is 160 Å². The van der Waals surface area contributed by atoms with Gasteiger partial charge in [0.1, 0.15) is 0 Å². The summed E-state index contributed by atoms with van der Waals surface area (Å²) >= 11 is 6.22. The van der Waals surface area contributed by atoms with Gasteiger partial charge in [0.05, 0.1) is 18.5 Å². The minimum Gasteiger partial charge on any atom is -0.454 e. The van der Waals surface area contributed by atoms with Crippen molar-refractivity contribution in [3.63, 3.8) is 0 Å². The average molecular weight is 386 g/mol. The monoisotopic (exact) mass is 385 g/mol. The fourth-order valence-electron chi connectivity index (χ4n) is 2.76. The van der Waals surface area contributed by atoms with E-state index in [1.165, 1.54) is 7.11 Å². The summed E-state index contributed by atoms with van der Waals surface area (Å²) in [6.45, 7) is 0.496. The number of alkyl carbamates (subject to hydrolysis) is 1. The van der Waals surface area contributed by atoms with Crippen LogP contribution in [0.4, 0.5) is 4.79 Å². The number of hydrogen-bond acceptors (Lipinski definition) is 5. The van der Waals surface area contributed by atoms with E-state index in [2.05, 4.69) is 15.2 Å². The van der Waals surface area contributed by atoms with Gasteiger partial charge in [-0.05, 0) is 48.0 Å². The molecule has 0 saturated carbocycles. The first-order valence-corrected chi connectivity index (χ1v) is 8.58. The highest BCUT2D eigenvalue weighted by Crippen LogP contribution is 2.35. The summed E-state index contributed by atoms with van der Waals surface area (Å²) in [4.78, 5) is 11.3. The van der Waals surface area contributed by atoms with Crippen molar-refractivity contribution in [3.8, 4) is 28.4 Å². The van der Waals surface area contributed by atoms with Crippen molar-refractivity contribution >= 4 is 17.7 Å². The van der Waals surface area contributed by atoms with E-state index in [9.17, 15) is 4.79 Å². The van der Waals surface area contributed by atoms with Gasteiger partial charge in [-0.15, -0.1) is 0 Å². The molecule has 1 N–H and O–H groups in total. The number of carbonyl (C=O) groups is 1. The van der Waals surface area contributed by atoms with Gasteiger partial charge in [-0.1, -0.05) is 11.6 Å². The Morgan fingerprint density at radius 2 is 2.07 bits per heavy atom. The zero-order valence-electron chi connectivity index (χ0n) is 14.4. The van der Waals surface area contributed by atoms with Crippen LogP contribution in [-0.2, 0) is 11.3 Å². The van der Waals surface area contributed by atoms with Crippen LogP contribution in [0.25, 0.3) is 16.9 Å². The Bertz CT molecular complexity index is 1000. The molecule has 1 aliphatic heterocycles. The van der Waals surface area contributed by atoms with Crippen LogP contribution >= 0.6 is 11.6 Å². The van der Waals surface area contributed by atoms with Crippen LogP contribution in [-0.4, -0.2) is 29.8 Å². The van der Waals surface area contributed by atoms with Crippen molar-refractivity contribution in [2.24, 2.45) is 0 Å². The van der Waals surface area contributed by atoms with Crippen LogP contribution in [0.2, 0.25) is 5.02 Å². The molecule has 0 radical (unpaired) electrons. The van der Waals surface area contributed by atoms with E-state index in [-0.39, 0.29) is 13.3 Å². The van der Waals surface area contributed by atoms with Crippen molar-refractivity contribution in [1.82, 2.24) is 15.1 Å². The first-order chi connectivity index (χ1) is 13.1. The van der Waals surface area contributed by atoms with Crippen LogP contribution in [0.5, 0.6) is 11.5 Å². The molecule has 0 spiro atoms. The molecular formula is C19H16ClN3O4. The molecular weight excluding hydrogens is 370 g/mol. The second kappa shape index (κ2) is 7.20. The Kier molecular flexibility index (Phi) is 4.60. The van der Waals surface area contributed by atoms with Crippen LogP contribution in [0.3, 0.4) is 0 Å². The van der Waals surface area contributed by atoms with Crippen LogP contribution in [0.1, 0.15) is 5.56 Å². The average Bonchev–Trinajstić information content (AvgIpc) is 3.35. The maximum absolute atomic E-state index is 11.3. The predicted molar refractivity (Wildman–Crippen MR) is 99.4 cm³/mol. The Morgan fingerprint density at radius 3 is 2.93 bits per heavy atom. The van der Waals surface area contributed by atoms with Gasteiger partial charge < -0.3 is 19.5 Å². The first kappa shape index (κ1) is 17.2. The number of ether oxygens (including phenoxy) is 3. The maximum Gasteiger partial charge on any atom is 0.407 e. The zero-order chi connectivity index (χ0) is 18.8. The molecule has 0 atom stereocenters. The molecule has 27 heavy (non-hydrogen) atoms. The van der Waals surface area contributed by atoms with Gasteiger partial charge >= 0.3 is 6.09 Å². The largest absolute Gasteiger partial charge is 0.454 e. The number of nitrogens with zero attached hydrogens (tertiary/aromatic N) is 2. The standard InChI is InChI=1S/C19H16ClN3O4/c1-25-19(24)21-10-13-8-14(3-4-15(13)20)23-7-6-16(22-23)12-2-5-17-18(9-12)27-11-26-17/h2-9H,10-11H2,1H3,(H,21,24). The summed E-state index contributed by atoms with van der Waals surface area (Å²) in [6.07, 6.45) is 1.35. The lowest BCUT2D eigenvalue weighted by Gasteiger charge is -2.09. The highest BCUT2D eigenvalue weighted by molar-refractivity contribution is 6.31. The van der Waals surface area contributed by atoms with Gasteiger partial charge in [0, 0.05) is 23.3 Å². The molecule has 2 aromatic carbocycles. The quantitative estimate of drug-likeness (QED) is 0.739. The molecule has 4 rings (SSSR count). The smallest absolute Gasteiger partial charge is 0.407 e. The topological polar surface area (TPSA) is 74.6 Å². The predicted octanol–water partition coefficient (Wildman–Crippen LogP) is 3.78. The molecule has 0 aliphatic carbocycles. The number of carbonyl (C=O) groups excluding carboxylic acids is 1. The number of methoxy groups -OCH3 is 1. The molecule has 8 heteroatoms. The number of amides is 1. The lowest BCUT2D eigenvalue weighted by atomic mass is 10.1. The van der Waals surface area contributed by atoms with E-state index in [1.807, 2.05) is 42.6 Å². The van der Waals surface area contributed by atoms with Crippen molar-refractivity contribution in [2.45, 2.75) is 6.54 Å². The number of benzene rings is 2. The molecule has 0 fully saturated rings. The van der Waals surface area contributed by atoms with Gasteiger partial charge in [-0.3, -0.25) is 0 Å². The summed E-state index contributed by atoms with van der Waals surface area (Å²) in [5, 5.41) is 7.80. The number of nitrogens with one attached hydrogen (secondary N) is 1. The van der Waals surface area contributed by atoms with Crippen molar-refractivity contribution in [1.29, 1.82) is 0 Å². The zero-order valence-corrected chi connectivity index (χ0v) is 15.2. The SMILES string of the molecule is COC(=O)NCc1cc(-n2ccc(-c3ccc4c(c3)OCO4)n2)ccc1Cl. The molecule has 0 bridgehead atoms. The number of rotatable bonds is 4. The van der Waals surface area contributed by atoms with Crippen LogP contribution < -0.4 is 14.8 Å². The lowest BCUT2D eigenvalue weighted by Crippen LogP contribution is -2.22. The number of hydrogen-bond donors (Lipinski definition) is 1. The van der Waals surface area contributed by atoms with Crippen molar-refractivity contribution in [2.75, 3.05) is 13.9 Å². The van der Waals surface area contributed by atoms with Gasteiger partial charge in [-0.25, -0.2) is 9.48 Å². The summed E-state index contributed by atoms with van der Waals surface area (Å²) < 4.78 is 17.1. The minimum absolute atomic E-state index is 0.236. The van der Waals surface area contributed by atoms with Crippen LogP contribution in [0, 0.1) is 0 Å². The van der Waals surface area contributed by atoms with E-state index < -0.39 is 6.09 Å². The molecule has 3 aromatic rings. The molecule has 1 amide bonds. The van der Waals surface area contributed by atoms with Crippen molar-refractivity contribution < 1.29 is 19.0 Å². The fraction of sp³-hybridized carbons (Fsp3) is 0.158. The normalized spacial score (nSPS) is 12.1. The Hall–Kier alpha value is -3.19. The van der Waals surface area contributed by atoms with E-state index >= 15 is 0 Å².